The van der Waals surface area contributed by atoms with Crippen molar-refractivity contribution in [3.8, 4) is 0 Å². The molecule has 2 heterocycles. The van der Waals surface area contributed by atoms with E-state index in [2.05, 4.69) is 10.6 Å². The van der Waals surface area contributed by atoms with Crippen LogP contribution in [0.25, 0.3) is 0 Å². The van der Waals surface area contributed by atoms with Gasteiger partial charge in [-0.05, 0) is 50.4 Å². The molecule has 130 valence electrons. The Morgan fingerprint density at radius 3 is 2.46 bits per heavy atom. The Hall–Kier alpha value is -1.88. The van der Waals surface area contributed by atoms with E-state index >= 15 is 0 Å². The van der Waals surface area contributed by atoms with Crippen LogP contribution in [0.2, 0.25) is 0 Å². The lowest BCUT2D eigenvalue weighted by atomic mass is 9.87. The molecule has 0 saturated carbocycles. The zero-order valence-electron chi connectivity index (χ0n) is 14.5. The number of rotatable bonds is 4. The third kappa shape index (κ3) is 3.61. The van der Waals surface area contributed by atoms with Crippen molar-refractivity contribution in [2.45, 2.75) is 32.7 Å². The number of hydrogen-bond donors (Lipinski definition) is 2. The van der Waals surface area contributed by atoms with Crippen LogP contribution in [-0.2, 0) is 4.79 Å². The van der Waals surface area contributed by atoms with Crippen LogP contribution in [0.4, 0.5) is 0 Å². The van der Waals surface area contributed by atoms with Crippen molar-refractivity contribution in [3.63, 3.8) is 0 Å². The van der Waals surface area contributed by atoms with Gasteiger partial charge in [-0.1, -0.05) is 25.1 Å². The van der Waals surface area contributed by atoms with Gasteiger partial charge in [0.25, 0.3) is 5.91 Å². The molecule has 2 saturated heterocycles. The number of hydrogen-bond acceptors (Lipinski definition) is 3. The lowest BCUT2D eigenvalue weighted by Gasteiger charge is -2.38. The third-order valence-electron chi connectivity index (χ3n) is 5.44. The van der Waals surface area contributed by atoms with Crippen LogP contribution in [0, 0.1) is 18.8 Å². The fraction of sp³-hybridized carbons (Fsp3) is 0.579. The van der Waals surface area contributed by atoms with E-state index in [4.69, 9.17) is 0 Å². The average Bonchev–Trinajstić information content (AvgIpc) is 2.53. The van der Waals surface area contributed by atoms with Crippen LogP contribution >= 0.6 is 0 Å². The Morgan fingerprint density at radius 2 is 1.88 bits per heavy atom. The number of nitrogens with zero attached hydrogens (tertiary/aromatic N) is 1. The van der Waals surface area contributed by atoms with E-state index in [9.17, 15) is 9.59 Å². The lowest BCUT2D eigenvalue weighted by Crippen LogP contribution is -2.53. The van der Waals surface area contributed by atoms with Crippen molar-refractivity contribution in [2.24, 2.45) is 11.8 Å². The summed E-state index contributed by atoms with van der Waals surface area (Å²) in [6, 6.07) is 7.79. The summed E-state index contributed by atoms with van der Waals surface area (Å²) in [4.78, 5) is 26.9. The molecule has 1 aromatic rings. The molecule has 0 aliphatic carbocycles. The van der Waals surface area contributed by atoms with Crippen molar-refractivity contribution in [1.82, 2.24) is 15.5 Å². The summed E-state index contributed by atoms with van der Waals surface area (Å²) < 4.78 is 0. The van der Waals surface area contributed by atoms with Crippen LogP contribution in [-0.4, -0.2) is 48.9 Å². The molecule has 5 heteroatoms. The smallest absolute Gasteiger partial charge is 0.251 e. The Balaban J connectivity index is 1.49. The predicted molar refractivity (Wildman–Crippen MR) is 93.8 cm³/mol. The zero-order valence-corrected chi connectivity index (χ0v) is 14.5. The molecule has 2 amide bonds. The molecule has 2 fully saturated rings. The molecule has 3 rings (SSSR count). The molecule has 0 aromatic heterocycles. The second kappa shape index (κ2) is 7.34. The molecular formula is C19H27N3O2. The normalized spacial score (nSPS) is 20.3. The highest BCUT2D eigenvalue weighted by atomic mass is 16.2. The molecule has 0 spiro atoms. The number of benzene rings is 1. The van der Waals surface area contributed by atoms with Crippen LogP contribution in [0.15, 0.2) is 24.3 Å². The van der Waals surface area contributed by atoms with Gasteiger partial charge >= 0.3 is 0 Å². The minimum Gasteiger partial charge on any atom is -0.349 e. The fourth-order valence-corrected chi connectivity index (χ4v) is 3.49. The Bertz CT molecular complexity index is 604. The van der Waals surface area contributed by atoms with Crippen molar-refractivity contribution in [3.05, 3.63) is 35.4 Å². The Labute approximate surface area is 143 Å². The second-order valence-electron chi connectivity index (χ2n) is 7.09. The first-order valence-corrected chi connectivity index (χ1v) is 8.92. The minimum atomic E-state index is -0.00760. The fourth-order valence-electron chi connectivity index (χ4n) is 3.49. The lowest BCUT2D eigenvalue weighted by molar-refractivity contribution is -0.138. The third-order valence-corrected chi connectivity index (χ3v) is 5.44. The molecule has 24 heavy (non-hydrogen) atoms. The zero-order chi connectivity index (χ0) is 17.1. The number of nitrogens with one attached hydrogen (secondary N) is 2. The first-order chi connectivity index (χ1) is 11.6. The maximum atomic E-state index is 12.5. The number of carbonyl (C=O) groups excluding carboxylic acids is 2. The van der Waals surface area contributed by atoms with Crippen molar-refractivity contribution in [1.29, 1.82) is 0 Å². The standard InChI is InChI=1S/C19H27N3O2/c1-13-5-3-4-6-17(13)18(23)21-16-7-9-22(10-8-16)19(24)14(2)15-11-20-12-15/h3-6,14-16,20H,7-12H2,1-2H3,(H,21,23). The van der Waals surface area contributed by atoms with E-state index in [1.54, 1.807) is 0 Å². The highest BCUT2D eigenvalue weighted by Crippen LogP contribution is 2.21. The van der Waals surface area contributed by atoms with E-state index in [0.29, 0.717) is 5.92 Å². The molecule has 0 radical (unpaired) electrons. The van der Waals surface area contributed by atoms with Gasteiger partial charge in [-0.2, -0.15) is 0 Å². The van der Waals surface area contributed by atoms with Gasteiger partial charge in [0.05, 0.1) is 0 Å². The molecule has 1 aromatic carbocycles. The van der Waals surface area contributed by atoms with E-state index in [-0.39, 0.29) is 23.8 Å². The van der Waals surface area contributed by atoms with Crippen molar-refractivity contribution in [2.75, 3.05) is 26.2 Å². The number of piperidine rings is 1. The number of aryl methyl sites for hydroxylation is 1. The monoisotopic (exact) mass is 329 g/mol. The second-order valence-corrected chi connectivity index (χ2v) is 7.09. The predicted octanol–water partition coefficient (Wildman–Crippen LogP) is 1.57. The van der Waals surface area contributed by atoms with E-state index < -0.39 is 0 Å². The van der Waals surface area contributed by atoms with Gasteiger partial charge in [0.15, 0.2) is 0 Å². The molecule has 0 bridgehead atoms. The quantitative estimate of drug-likeness (QED) is 0.881. The number of amides is 2. The Morgan fingerprint density at radius 1 is 1.21 bits per heavy atom. The van der Waals surface area contributed by atoms with Crippen LogP contribution in [0.1, 0.15) is 35.7 Å². The summed E-state index contributed by atoms with van der Waals surface area (Å²) in [5, 5.41) is 6.35. The maximum Gasteiger partial charge on any atom is 0.251 e. The highest BCUT2D eigenvalue weighted by Gasteiger charge is 2.33. The summed E-state index contributed by atoms with van der Waals surface area (Å²) in [6.07, 6.45) is 1.66. The largest absolute Gasteiger partial charge is 0.349 e. The molecule has 1 atom stereocenters. The summed E-state index contributed by atoms with van der Waals surface area (Å²) in [6.45, 7) is 7.38. The molecule has 1 unspecified atom stereocenters. The molecular weight excluding hydrogens is 302 g/mol. The number of carbonyl (C=O) groups is 2. The summed E-state index contributed by atoms with van der Waals surface area (Å²) in [5.74, 6) is 0.845. The van der Waals surface area contributed by atoms with Crippen LogP contribution in [0.3, 0.4) is 0 Å². The first-order valence-electron chi connectivity index (χ1n) is 8.92. The molecule has 5 nitrogen and oxygen atoms in total. The topological polar surface area (TPSA) is 61.4 Å². The molecule has 2 aliphatic heterocycles. The van der Waals surface area contributed by atoms with Crippen LogP contribution < -0.4 is 10.6 Å². The number of likely N-dealkylation sites (tertiary alicyclic amines) is 1. The minimum absolute atomic E-state index is 0.00760. The van der Waals surface area contributed by atoms with Gasteiger partial charge in [0, 0.05) is 30.6 Å². The van der Waals surface area contributed by atoms with Crippen molar-refractivity contribution < 1.29 is 9.59 Å². The molecule has 2 aliphatic rings. The first kappa shape index (κ1) is 17.0. The van der Waals surface area contributed by atoms with Gasteiger partial charge in [0.1, 0.15) is 0 Å². The van der Waals surface area contributed by atoms with E-state index in [1.165, 1.54) is 0 Å². The van der Waals surface area contributed by atoms with Gasteiger partial charge < -0.3 is 15.5 Å². The van der Waals surface area contributed by atoms with Gasteiger partial charge in [-0.15, -0.1) is 0 Å². The van der Waals surface area contributed by atoms with E-state index in [0.717, 1.165) is 50.1 Å². The molecule has 2 N–H and O–H groups in total. The Kier molecular flexibility index (Phi) is 5.19. The highest BCUT2D eigenvalue weighted by molar-refractivity contribution is 5.95. The summed E-state index contributed by atoms with van der Waals surface area (Å²) in [7, 11) is 0. The average molecular weight is 329 g/mol. The van der Waals surface area contributed by atoms with Crippen molar-refractivity contribution >= 4 is 11.8 Å². The van der Waals surface area contributed by atoms with Crippen LogP contribution in [0.5, 0.6) is 0 Å². The van der Waals surface area contributed by atoms with E-state index in [1.807, 2.05) is 43.0 Å². The van der Waals surface area contributed by atoms with Gasteiger partial charge in [-0.25, -0.2) is 0 Å². The maximum absolute atomic E-state index is 12.5. The van der Waals surface area contributed by atoms with Gasteiger partial charge in [0.2, 0.25) is 5.91 Å². The van der Waals surface area contributed by atoms with Gasteiger partial charge in [-0.3, -0.25) is 9.59 Å². The SMILES string of the molecule is Cc1ccccc1C(=O)NC1CCN(C(=O)C(C)C2CNC2)CC1. The summed E-state index contributed by atoms with van der Waals surface area (Å²) in [5.41, 5.74) is 1.73. The summed E-state index contributed by atoms with van der Waals surface area (Å²) >= 11 is 0.